The lowest BCUT2D eigenvalue weighted by atomic mass is 10.2. The molecular weight excluding hydrogens is 218 g/mol. The van der Waals surface area contributed by atoms with Crippen molar-refractivity contribution >= 4 is 11.6 Å². The maximum absolute atomic E-state index is 11.7. The molecule has 0 saturated heterocycles. The first-order chi connectivity index (χ1) is 8.19. The highest BCUT2D eigenvalue weighted by Gasteiger charge is 2.24. The zero-order valence-electron chi connectivity index (χ0n) is 9.90. The van der Waals surface area contributed by atoms with Gasteiger partial charge in [-0.2, -0.15) is 0 Å². The van der Waals surface area contributed by atoms with Crippen LogP contribution in [-0.4, -0.2) is 17.6 Å². The lowest BCUT2D eigenvalue weighted by Crippen LogP contribution is -2.13. The fourth-order valence-corrected chi connectivity index (χ4v) is 1.67. The summed E-state index contributed by atoms with van der Waals surface area (Å²) in [6, 6.07) is 4.70. The van der Waals surface area contributed by atoms with Crippen LogP contribution < -0.4 is 10.1 Å². The smallest absolute Gasteiger partial charge is 0.224 e. The summed E-state index contributed by atoms with van der Waals surface area (Å²) in [6.45, 7) is 2.36. The second kappa shape index (κ2) is 5.08. The molecule has 0 aliphatic heterocycles. The minimum Gasteiger partial charge on any atom is -0.508 e. The second-order valence-electron chi connectivity index (χ2n) is 4.31. The van der Waals surface area contributed by atoms with Crippen LogP contribution in [-0.2, 0) is 4.79 Å². The summed E-state index contributed by atoms with van der Waals surface area (Å²) in [5, 5.41) is 12.2. The van der Waals surface area contributed by atoms with Gasteiger partial charge < -0.3 is 15.2 Å². The zero-order valence-corrected chi connectivity index (χ0v) is 9.90. The molecule has 1 fully saturated rings. The summed E-state index contributed by atoms with van der Waals surface area (Å²) in [6.07, 6.45) is 2.88. The van der Waals surface area contributed by atoms with Crippen LogP contribution >= 0.6 is 0 Å². The summed E-state index contributed by atoms with van der Waals surface area (Å²) >= 11 is 0. The number of carbonyl (C=O) groups is 1. The number of carbonyl (C=O) groups excluding carboxylic acids is 1. The molecular formula is C13H17NO3. The van der Waals surface area contributed by atoms with E-state index in [2.05, 4.69) is 5.32 Å². The van der Waals surface area contributed by atoms with Crippen molar-refractivity contribution in [2.75, 3.05) is 11.9 Å². The van der Waals surface area contributed by atoms with Crippen LogP contribution in [0.25, 0.3) is 0 Å². The Morgan fingerprint density at radius 2 is 2.29 bits per heavy atom. The van der Waals surface area contributed by atoms with Crippen molar-refractivity contribution in [2.24, 2.45) is 5.92 Å². The molecule has 0 atom stereocenters. The fraction of sp³-hybridized carbons (Fsp3) is 0.462. The van der Waals surface area contributed by atoms with Gasteiger partial charge in [0, 0.05) is 12.5 Å². The quantitative estimate of drug-likeness (QED) is 0.771. The molecule has 0 unspecified atom stereocenters. The van der Waals surface area contributed by atoms with Crippen molar-refractivity contribution < 1.29 is 14.6 Å². The van der Waals surface area contributed by atoms with Crippen LogP contribution in [0.3, 0.4) is 0 Å². The van der Waals surface area contributed by atoms with E-state index in [0.29, 0.717) is 30.4 Å². The first-order valence-electron chi connectivity index (χ1n) is 5.94. The lowest BCUT2D eigenvalue weighted by Gasteiger charge is -2.11. The topological polar surface area (TPSA) is 58.6 Å². The maximum atomic E-state index is 11.7. The monoisotopic (exact) mass is 235 g/mol. The Balaban J connectivity index is 2.04. The molecule has 2 rings (SSSR count). The number of hydrogen-bond acceptors (Lipinski definition) is 3. The predicted molar refractivity (Wildman–Crippen MR) is 65.2 cm³/mol. The van der Waals surface area contributed by atoms with E-state index >= 15 is 0 Å². The average Bonchev–Trinajstić information content (AvgIpc) is 3.06. The number of ether oxygens (including phenoxy) is 1. The lowest BCUT2D eigenvalue weighted by molar-refractivity contribution is -0.116. The summed E-state index contributed by atoms with van der Waals surface area (Å²) in [5.41, 5.74) is 0.621. The summed E-state index contributed by atoms with van der Waals surface area (Å²) in [7, 11) is 0. The van der Waals surface area contributed by atoms with Gasteiger partial charge in [0.25, 0.3) is 0 Å². The normalized spacial score (nSPS) is 14.4. The molecule has 0 heterocycles. The average molecular weight is 235 g/mol. The molecule has 1 saturated carbocycles. The minimum atomic E-state index is 0.0131. The third-order valence-corrected chi connectivity index (χ3v) is 2.71. The summed E-state index contributed by atoms with van der Waals surface area (Å²) in [5.74, 6) is 1.21. The number of phenols is 1. The van der Waals surface area contributed by atoms with Crippen molar-refractivity contribution in [3.8, 4) is 11.5 Å². The molecule has 4 nitrogen and oxygen atoms in total. The number of nitrogens with one attached hydrogen (secondary N) is 1. The molecule has 1 amide bonds. The Kier molecular flexibility index (Phi) is 3.52. The van der Waals surface area contributed by atoms with E-state index in [0.717, 1.165) is 12.8 Å². The van der Waals surface area contributed by atoms with Crippen molar-refractivity contribution in [2.45, 2.75) is 26.2 Å². The minimum absolute atomic E-state index is 0.0131. The molecule has 0 radical (unpaired) electrons. The highest BCUT2D eigenvalue weighted by molar-refractivity contribution is 5.92. The Labute approximate surface area is 101 Å². The molecule has 1 aromatic carbocycles. The van der Waals surface area contributed by atoms with Crippen LogP contribution in [0.5, 0.6) is 11.5 Å². The molecule has 92 valence electrons. The van der Waals surface area contributed by atoms with Gasteiger partial charge in [-0.05, 0) is 37.8 Å². The first kappa shape index (κ1) is 11.8. The van der Waals surface area contributed by atoms with Crippen LogP contribution in [0.1, 0.15) is 26.2 Å². The van der Waals surface area contributed by atoms with Gasteiger partial charge in [-0.15, -0.1) is 0 Å². The van der Waals surface area contributed by atoms with E-state index in [1.807, 2.05) is 6.92 Å². The highest BCUT2D eigenvalue weighted by atomic mass is 16.5. The number of rotatable bonds is 5. The van der Waals surface area contributed by atoms with Crippen molar-refractivity contribution in [1.29, 1.82) is 0 Å². The Morgan fingerprint density at radius 1 is 1.53 bits per heavy atom. The van der Waals surface area contributed by atoms with E-state index in [1.54, 1.807) is 6.07 Å². The van der Waals surface area contributed by atoms with E-state index < -0.39 is 0 Å². The van der Waals surface area contributed by atoms with Gasteiger partial charge in [-0.25, -0.2) is 0 Å². The van der Waals surface area contributed by atoms with Crippen LogP contribution in [0.2, 0.25) is 0 Å². The van der Waals surface area contributed by atoms with Crippen molar-refractivity contribution in [1.82, 2.24) is 0 Å². The second-order valence-corrected chi connectivity index (χ2v) is 4.31. The Morgan fingerprint density at radius 3 is 2.94 bits per heavy atom. The van der Waals surface area contributed by atoms with Crippen LogP contribution in [0.15, 0.2) is 18.2 Å². The first-order valence-corrected chi connectivity index (χ1v) is 5.94. The van der Waals surface area contributed by atoms with Crippen LogP contribution in [0, 0.1) is 5.92 Å². The molecule has 2 N–H and O–H groups in total. The van der Waals surface area contributed by atoms with Gasteiger partial charge >= 0.3 is 0 Å². The third kappa shape index (κ3) is 3.37. The van der Waals surface area contributed by atoms with Gasteiger partial charge in [-0.1, -0.05) is 0 Å². The molecule has 17 heavy (non-hydrogen) atoms. The van der Waals surface area contributed by atoms with E-state index in [4.69, 9.17) is 4.74 Å². The number of benzene rings is 1. The zero-order chi connectivity index (χ0) is 12.3. The summed E-state index contributed by atoms with van der Waals surface area (Å²) < 4.78 is 5.36. The largest absolute Gasteiger partial charge is 0.508 e. The van der Waals surface area contributed by atoms with Crippen molar-refractivity contribution in [3.63, 3.8) is 0 Å². The maximum Gasteiger partial charge on any atom is 0.224 e. The molecule has 4 heteroatoms. The predicted octanol–water partition coefficient (Wildman–Crippen LogP) is 2.53. The van der Waals surface area contributed by atoms with E-state index in [9.17, 15) is 9.90 Å². The number of amides is 1. The fourth-order valence-electron chi connectivity index (χ4n) is 1.67. The number of anilines is 1. The van der Waals surface area contributed by atoms with Crippen molar-refractivity contribution in [3.05, 3.63) is 18.2 Å². The Bertz CT molecular complexity index is 413. The number of phenolic OH excluding ortho intramolecular Hbond substituents is 1. The number of aromatic hydroxyl groups is 1. The van der Waals surface area contributed by atoms with Gasteiger partial charge in [0.1, 0.15) is 11.5 Å². The summed E-state index contributed by atoms with van der Waals surface area (Å²) in [4.78, 5) is 11.7. The van der Waals surface area contributed by atoms with E-state index in [1.165, 1.54) is 12.1 Å². The van der Waals surface area contributed by atoms with Gasteiger partial charge in [-0.3, -0.25) is 4.79 Å². The molecule has 1 aliphatic carbocycles. The van der Waals surface area contributed by atoms with Crippen LogP contribution in [0.4, 0.5) is 5.69 Å². The number of hydrogen-bond donors (Lipinski definition) is 2. The third-order valence-electron chi connectivity index (χ3n) is 2.71. The molecule has 1 aliphatic rings. The highest BCUT2D eigenvalue weighted by Crippen LogP contribution is 2.34. The molecule has 0 spiro atoms. The van der Waals surface area contributed by atoms with Gasteiger partial charge in [0.15, 0.2) is 0 Å². The van der Waals surface area contributed by atoms with Gasteiger partial charge in [0.05, 0.1) is 12.3 Å². The molecule has 0 aromatic heterocycles. The molecule has 0 bridgehead atoms. The van der Waals surface area contributed by atoms with Gasteiger partial charge in [0.2, 0.25) is 5.91 Å². The SMILES string of the molecule is CCOc1cc(O)ccc1NC(=O)CC1CC1. The van der Waals surface area contributed by atoms with E-state index in [-0.39, 0.29) is 11.7 Å². The standard InChI is InChI=1S/C13H17NO3/c1-2-17-12-8-10(15)5-6-11(12)14-13(16)7-9-3-4-9/h5-6,8-9,15H,2-4,7H2,1H3,(H,14,16). The molecule has 1 aromatic rings. The Hall–Kier alpha value is -1.71.